The van der Waals surface area contributed by atoms with E-state index in [0.29, 0.717) is 24.9 Å². The van der Waals surface area contributed by atoms with Gasteiger partial charge in [0.1, 0.15) is 10.7 Å². The Hall–Kier alpha value is -0.740. The topological polar surface area (TPSA) is 92.3 Å². The van der Waals surface area contributed by atoms with Gasteiger partial charge in [-0.05, 0) is 43.9 Å². The van der Waals surface area contributed by atoms with Crippen molar-refractivity contribution < 1.29 is 21.2 Å². The van der Waals surface area contributed by atoms with Crippen LogP contribution in [0.4, 0.5) is 4.39 Å². The molecule has 0 radical (unpaired) electrons. The maximum Gasteiger partial charge on any atom is 0.240 e. The summed E-state index contributed by atoms with van der Waals surface area (Å²) in [5.74, 6) is -1.05. The van der Waals surface area contributed by atoms with E-state index >= 15 is 0 Å². The number of rotatable bonds is 4. The minimum absolute atomic E-state index is 0. The maximum atomic E-state index is 13.9. The van der Waals surface area contributed by atoms with Crippen LogP contribution in [0.1, 0.15) is 25.7 Å². The lowest BCUT2D eigenvalue weighted by molar-refractivity contribution is 0.345. The van der Waals surface area contributed by atoms with Gasteiger partial charge in [-0.25, -0.2) is 25.9 Å². The van der Waals surface area contributed by atoms with Crippen LogP contribution in [-0.4, -0.2) is 41.2 Å². The number of sulfonamides is 1. The number of hydrogen-bond acceptors (Lipinski definition) is 5. The van der Waals surface area contributed by atoms with Crippen molar-refractivity contribution in [3.05, 3.63) is 24.0 Å². The van der Waals surface area contributed by atoms with Gasteiger partial charge < -0.3 is 5.32 Å². The van der Waals surface area contributed by atoms with Gasteiger partial charge in [0.25, 0.3) is 0 Å². The second-order valence-corrected chi connectivity index (χ2v) is 9.99. The molecule has 0 aliphatic carbocycles. The number of halogens is 2. The SMILES string of the molecule is CS(=O)(=O)c1ccc(S(=O)(=O)NC2CC3CCC(C2)N3)cc1F.Cl. The first kappa shape index (κ1) is 19.6. The van der Waals surface area contributed by atoms with Crippen LogP contribution in [0, 0.1) is 5.82 Å². The van der Waals surface area contributed by atoms with Gasteiger partial charge in [-0.1, -0.05) is 0 Å². The Kier molecular flexibility index (Phi) is 5.61. The summed E-state index contributed by atoms with van der Waals surface area (Å²) in [6.07, 6.45) is 4.38. The van der Waals surface area contributed by atoms with Gasteiger partial charge in [-0.3, -0.25) is 0 Å². The summed E-state index contributed by atoms with van der Waals surface area (Å²) in [5.41, 5.74) is 0. The average Bonchev–Trinajstić information content (AvgIpc) is 2.76. The average molecular weight is 399 g/mol. The second kappa shape index (κ2) is 6.87. The molecule has 136 valence electrons. The van der Waals surface area contributed by atoms with E-state index < -0.39 is 30.6 Å². The molecule has 2 atom stereocenters. The first-order valence-electron chi connectivity index (χ1n) is 7.43. The number of piperidine rings is 1. The minimum Gasteiger partial charge on any atom is -0.311 e. The van der Waals surface area contributed by atoms with Crippen LogP contribution >= 0.6 is 12.4 Å². The number of nitrogens with one attached hydrogen (secondary N) is 2. The van der Waals surface area contributed by atoms with Crippen molar-refractivity contribution in [1.82, 2.24) is 10.0 Å². The molecule has 2 N–H and O–H groups in total. The summed E-state index contributed by atoms with van der Waals surface area (Å²) in [6.45, 7) is 0. The van der Waals surface area contributed by atoms with E-state index in [9.17, 15) is 21.2 Å². The van der Waals surface area contributed by atoms with Gasteiger partial charge in [0.2, 0.25) is 10.0 Å². The molecule has 0 saturated carbocycles. The molecule has 1 aromatic rings. The van der Waals surface area contributed by atoms with Crippen LogP contribution in [0.3, 0.4) is 0 Å². The van der Waals surface area contributed by atoms with E-state index in [2.05, 4.69) is 10.0 Å². The first-order valence-corrected chi connectivity index (χ1v) is 10.8. The van der Waals surface area contributed by atoms with E-state index in [4.69, 9.17) is 0 Å². The van der Waals surface area contributed by atoms with Gasteiger partial charge in [0.15, 0.2) is 9.84 Å². The Balaban J connectivity index is 0.00000208. The number of hydrogen-bond donors (Lipinski definition) is 2. The Morgan fingerprint density at radius 3 is 2.21 bits per heavy atom. The van der Waals surface area contributed by atoms with Crippen LogP contribution < -0.4 is 10.0 Å². The second-order valence-electron chi connectivity index (χ2n) is 6.29. The first-order chi connectivity index (χ1) is 10.6. The largest absolute Gasteiger partial charge is 0.311 e. The van der Waals surface area contributed by atoms with Gasteiger partial charge in [-0.15, -0.1) is 12.4 Å². The van der Waals surface area contributed by atoms with Crippen molar-refractivity contribution in [2.24, 2.45) is 0 Å². The van der Waals surface area contributed by atoms with Crippen molar-refractivity contribution in [3.8, 4) is 0 Å². The predicted molar refractivity (Wildman–Crippen MR) is 90.0 cm³/mol. The zero-order valence-corrected chi connectivity index (χ0v) is 15.5. The van der Waals surface area contributed by atoms with Crippen LogP contribution in [0.2, 0.25) is 0 Å². The molecule has 6 nitrogen and oxygen atoms in total. The molecule has 3 rings (SSSR count). The van der Waals surface area contributed by atoms with Crippen molar-refractivity contribution in [3.63, 3.8) is 0 Å². The van der Waals surface area contributed by atoms with Gasteiger partial charge in [-0.2, -0.15) is 0 Å². The highest BCUT2D eigenvalue weighted by Crippen LogP contribution is 2.28. The monoisotopic (exact) mass is 398 g/mol. The third-order valence-electron chi connectivity index (χ3n) is 4.41. The third kappa shape index (κ3) is 4.08. The van der Waals surface area contributed by atoms with Crippen LogP contribution in [0.15, 0.2) is 28.0 Å². The van der Waals surface area contributed by atoms with E-state index in [1.807, 2.05) is 0 Å². The fourth-order valence-corrected chi connectivity index (χ4v) is 5.39. The summed E-state index contributed by atoms with van der Waals surface area (Å²) < 4.78 is 64.1. The van der Waals surface area contributed by atoms with Gasteiger partial charge in [0, 0.05) is 24.4 Å². The number of fused-ring (bicyclic) bond motifs is 2. The normalized spacial score (nSPS) is 26.8. The molecule has 10 heteroatoms. The molecular formula is C14H20ClFN2O4S2. The quantitative estimate of drug-likeness (QED) is 0.795. The molecule has 0 amide bonds. The molecule has 0 aromatic heterocycles. The lowest BCUT2D eigenvalue weighted by atomic mass is 10.0. The fraction of sp³-hybridized carbons (Fsp3) is 0.571. The van der Waals surface area contributed by atoms with Gasteiger partial charge >= 0.3 is 0 Å². The van der Waals surface area contributed by atoms with Crippen LogP contribution in [-0.2, 0) is 19.9 Å². The van der Waals surface area contributed by atoms with E-state index in [1.165, 1.54) is 0 Å². The fourth-order valence-electron chi connectivity index (χ4n) is 3.39. The standard InChI is InChI=1S/C14H19FN2O4S2.ClH/c1-22(18,19)14-5-4-12(8-13(14)15)23(20,21)17-11-6-9-2-3-10(7-11)16-9;/h4-5,8-11,16-17H,2-3,6-7H2,1H3;1H. The van der Waals surface area contributed by atoms with Crippen molar-refractivity contribution in [2.45, 2.75) is 53.6 Å². The Bertz CT molecular complexity index is 817. The molecule has 2 aliphatic rings. The van der Waals surface area contributed by atoms with E-state index in [1.54, 1.807) is 0 Å². The Morgan fingerprint density at radius 2 is 1.71 bits per heavy atom. The molecule has 2 heterocycles. The molecule has 24 heavy (non-hydrogen) atoms. The minimum atomic E-state index is -3.88. The Morgan fingerprint density at radius 1 is 1.12 bits per heavy atom. The Labute approximate surface area is 147 Å². The summed E-state index contributed by atoms with van der Waals surface area (Å²) in [5, 5.41) is 3.42. The lowest BCUT2D eigenvalue weighted by Gasteiger charge is -2.29. The number of sulfone groups is 1. The maximum absolute atomic E-state index is 13.9. The molecule has 1 aromatic carbocycles. The van der Waals surface area contributed by atoms with E-state index in [-0.39, 0.29) is 23.3 Å². The van der Waals surface area contributed by atoms with Crippen LogP contribution in [0.25, 0.3) is 0 Å². The van der Waals surface area contributed by atoms with Gasteiger partial charge in [0.05, 0.1) is 4.90 Å². The third-order valence-corrected chi connectivity index (χ3v) is 7.06. The highest BCUT2D eigenvalue weighted by atomic mass is 35.5. The summed E-state index contributed by atoms with van der Waals surface area (Å²) in [4.78, 5) is -0.760. The molecule has 2 fully saturated rings. The summed E-state index contributed by atoms with van der Waals surface area (Å²) in [6, 6.07) is 3.34. The van der Waals surface area contributed by atoms with Crippen molar-refractivity contribution >= 4 is 32.3 Å². The molecule has 2 unspecified atom stereocenters. The van der Waals surface area contributed by atoms with Crippen LogP contribution in [0.5, 0.6) is 0 Å². The molecule has 2 saturated heterocycles. The molecular weight excluding hydrogens is 379 g/mol. The zero-order chi connectivity index (χ0) is 16.8. The van der Waals surface area contributed by atoms with Crippen molar-refractivity contribution in [2.75, 3.05) is 6.26 Å². The number of benzene rings is 1. The molecule has 2 bridgehead atoms. The predicted octanol–water partition coefficient (Wildman–Crippen LogP) is 1.21. The smallest absolute Gasteiger partial charge is 0.240 e. The summed E-state index contributed by atoms with van der Waals surface area (Å²) in [7, 11) is -7.60. The summed E-state index contributed by atoms with van der Waals surface area (Å²) >= 11 is 0. The van der Waals surface area contributed by atoms with E-state index in [0.717, 1.165) is 37.3 Å². The molecule has 0 spiro atoms. The highest BCUT2D eigenvalue weighted by molar-refractivity contribution is 7.90. The molecule has 2 aliphatic heterocycles. The van der Waals surface area contributed by atoms with Crippen molar-refractivity contribution in [1.29, 1.82) is 0 Å². The lowest BCUT2D eigenvalue weighted by Crippen LogP contribution is -2.47. The zero-order valence-electron chi connectivity index (χ0n) is 13.0. The highest BCUT2D eigenvalue weighted by Gasteiger charge is 2.35.